The van der Waals surface area contributed by atoms with E-state index in [4.69, 9.17) is 0 Å². The summed E-state index contributed by atoms with van der Waals surface area (Å²) in [6.45, 7) is 2.79. The zero-order chi connectivity index (χ0) is 16.1. The van der Waals surface area contributed by atoms with Gasteiger partial charge in [0, 0.05) is 33.5 Å². The van der Waals surface area contributed by atoms with Crippen molar-refractivity contribution in [2.75, 3.05) is 27.7 Å². The summed E-state index contributed by atoms with van der Waals surface area (Å²) in [6, 6.07) is 4.07. The van der Waals surface area contributed by atoms with Crippen LogP contribution >= 0.6 is 0 Å². The number of fused-ring (bicyclic) bond motifs is 1. The lowest BCUT2D eigenvalue weighted by molar-refractivity contribution is -0.127. The van der Waals surface area contributed by atoms with Crippen LogP contribution in [-0.2, 0) is 11.3 Å². The van der Waals surface area contributed by atoms with Gasteiger partial charge in [0.25, 0.3) is 0 Å². The number of rotatable bonds is 4. The summed E-state index contributed by atoms with van der Waals surface area (Å²) < 4.78 is 1.98. The van der Waals surface area contributed by atoms with Crippen LogP contribution in [0.3, 0.4) is 0 Å². The fourth-order valence-corrected chi connectivity index (χ4v) is 1.93. The molecule has 0 aliphatic rings. The van der Waals surface area contributed by atoms with Gasteiger partial charge in [-0.1, -0.05) is 0 Å². The van der Waals surface area contributed by atoms with Crippen molar-refractivity contribution in [3.05, 3.63) is 35.8 Å². The van der Waals surface area contributed by atoms with E-state index in [0.29, 0.717) is 12.5 Å². The van der Waals surface area contributed by atoms with E-state index in [1.165, 1.54) is 10.5 Å². The second-order valence-electron chi connectivity index (χ2n) is 5.27. The summed E-state index contributed by atoms with van der Waals surface area (Å²) >= 11 is 0. The molecule has 2 N–H and O–H groups in total. The maximum atomic E-state index is 11.6. The Morgan fingerprint density at radius 3 is 2.86 bits per heavy atom. The van der Waals surface area contributed by atoms with Crippen molar-refractivity contribution in [3.63, 3.8) is 0 Å². The van der Waals surface area contributed by atoms with Gasteiger partial charge in [-0.25, -0.2) is 4.98 Å². The van der Waals surface area contributed by atoms with E-state index in [9.17, 15) is 4.79 Å². The van der Waals surface area contributed by atoms with Gasteiger partial charge in [0.1, 0.15) is 5.65 Å². The first kappa shape index (κ1) is 15.8. The third kappa shape index (κ3) is 3.97. The minimum absolute atomic E-state index is 0.00819. The molecule has 0 aromatic carbocycles. The first-order valence-electron chi connectivity index (χ1n) is 7.08. The van der Waals surface area contributed by atoms with E-state index in [1.807, 2.05) is 35.9 Å². The predicted octanol–water partition coefficient (Wildman–Crippen LogP) is 0.396. The number of likely N-dealkylation sites (N-methyl/N-ethyl adjacent to an activating group) is 1. The number of hydrogen-bond donors (Lipinski definition) is 2. The van der Waals surface area contributed by atoms with E-state index in [0.717, 1.165) is 11.3 Å². The molecule has 2 rings (SSSR count). The highest BCUT2D eigenvalue weighted by atomic mass is 16.2. The Kier molecular flexibility index (Phi) is 4.98. The Morgan fingerprint density at radius 2 is 2.18 bits per heavy atom. The van der Waals surface area contributed by atoms with E-state index in [-0.39, 0.29) is 12.5 Å². The van der Waals surface area contributed by atoms with Crippen molar-refractivity contribution in [3.8, 4) is 0 Å². The smallest absolute Gasteiger partial charge is 0.241 e. The second kappa shape index (κ2) is 6.93. The summed E-state index contributed by atoms with van der Waals surface area (Å²) in [6.07, 6.45) is 3.96. The summed E-state index contributed by atoms with van der Waals surface area (Å²) in [4.78, 5) is 21.7. The van der Waals surface area contributed by atoms with Gasteiger partial charge >= 0.3 is 0 Å². The first-order valence-corrected chi connectivity index (χ1v) is 7.08. The molecule has 0 saturated heterocycles. The number of aromatic nitrogens is 2. The molecule has 0 fully saturated rings. The van der Waals surface area contributed by atoms with Crippen molar-refractivity contribution in [1.82, 2.24) is 24.9 Å². The average molecular weight is 302 g/mol. The Labute approximate surface area is 130 Å². The number of pyridine rings is 1. The van der Waals surface area contributed by atoms with E-state index < -0.39 is 0 Å². The van der Waals surface area contributed by atoms with E-state index in [2.05, 4.69) is 20.6 Å². The highest BCUT2D eigenvalue weighted by molar-refractivity contribution is 5.86. The topological polar surface area (TPSA) is 74.0 Å². The minimum Gasteiger partial charge on any atom is -0.351 e. The standard InChI is InChI=1S/C15H22N6O/c1-11-5-6-21-10-12(19-13(21)7-11)8-17-15(16-2)18-9-14(22)20(3)4/h5-7,10H,8-9H2,1-4H3,(H2,16,17,18). The van der Waals surface area contributed by atoms with E-state index >= 15 is 0 Å². The van der Waals surface area contributed by atoms with Gasteiger partial charge in [-0.2, -0.15) is 0 Å². The SMILES string of the molecule is CN=C(NCC(=O)N(C)C)NCc1cn2ccc(C)cc2n1. The molecule has 22 heavy (non-hydrogen) atoms. The maximum Gasteiger partial charge on any atom is 0.241 e. The highest BCUT2D eigenvalue weighted by Crippen LogP contribution is 2.07. The molecule has 0 aliphatic carbocycles. The fraction of sp³-hybridized carbons (Fsp3) is 0.400. The summed E-state index contributed by atoms with van der Waals surface area (Å²) in [5, 5.41) is 6.12. The molecule has 2 heterocycles. The molecule has 118 valence electrons. The largest absolute Gasteiger partial charge is 0.351 e. The third-order valence-corrected chi connectivity index (χ3v) is 3.23. The molecule has 0 bridgehead atoms. The van der Waals surface area contributed by atoms with Crippen LogP contribution in [0.25, 0.3) is 5.65 Å². The summed E-state index contributed by atoms with van der Waals surface area (Å²) in [7, 11) is 5.11. The molecule has 0 unspecified atom stereocenters. The molecule has 7 heteroatoms. The van der Waals surface area contributed by atoms with E-state index in [1.54, 1.807) is 21.1 Å². The Balaban J connectivity index is 1.93. The average Bonchev–Trinajstić information content (AvgIpc) is 2.88. The lowest BCUT2D eigenvalue weighted by Crippen LogP contribution is -2.42. The van der Waals surface area contributed by atoms with Crippen LogP contribution in [0.1, 0.15) is 11.3 Å². The minimum atomic E-state index is -0.00819. The Hall–Kier alpha value is -2.57. The monoisotopic (exact) mass is 302 g/mol. The van der Waals surface area contributed by atoms with Gasteiger partial charge < -0.3 is 19.9 Å². The number of imidazole rings is 1. The number of aryl methyl sites for hydroxylation is 1. The highest BCUT2D eigenvalue weighted by Gasteiger charge is 2.06. The van der Waals surface area contributed by atoms with Gasteiger partial charge in [-0.15, -0.1) is 0 Å². The maximum absolute atomic E-state index is 11.6. The number of carbonyl (C=O) groups excluding carboxylic acids is 1. The van der Waals surface area contributed by atoms with Crippen LogP contribution in [0.4, 0.5) is 0 Å². The zero-order valence-corrected chi connectivity index (χ0v) is 13.4. The van der Waals surface area contributed by atoms with Crippen LogP contribution in [0.5, 0.6) is 0 Å². The number of nitrogens with one attached hydrogen (secondary N) is 2. The van der Waals surface area contributed by atoms with Crippen LogP contribution < -0.4 is 10.6 Å². The third-order valence-electron chi connectivity index (χ3n) is 3.23. The molecule has 0 radical (unpaired) electrons. The van der Waals surface area contributed by atoms with Crippen LogP contribution in [0, 0.1) is 6.92 Å². The number of carbonyl (C=O) groups is 1. The molecule has 0 aliphatic heterocycles. The first-order chi connectivity index (χ1) is 10.5. The predicted molar refractivity (Wildman–Crippen MR) is 86.8 cm³/mol. The zero-order valence-electron chi connectivity index (χ0n) is 13.4. The molecular formula is C15H22N6O. The Bertz CT molecular complexity index is 688. The second-order valence-corrected chi connectivity index (χ2v) is 5.27. The van der Waals surface area contributed by atoms with Crippen LogP contribution in [0.15, 0.2) is 29.5 Å². The molecule has 0 spiro atoms. The molecule has 2 aromatic heterocycles. The lowest BCUT2D eigenvalue weighted by atomic mass is 10.3. The quantitative estimate of drug-likeness (QED) is 0.633. The normalized spacial score (nSPS) is 11.5. The van der Waals surface area contributed by atoms with Crippen molar-refractivity contribution in [1.29, 1.82) is 0 Å². The van der Waals surface area contributed by atoms with Gasteiger partial charge in [0.15, 0.2) is 5.96 Å². The van der Waals surface area contributed by atoms with Crippen LogP contribution in [-0.4, -0.2) is 53.8 Å². The number of guanidine groups is 1. The fourth-order valence-electron chi connectivity index (χ4n) is 1.93. The Morgan fingerprint density at radius 1 is 1.41 bits per heavy atom. The summed E-state index contributed by atoms with van der Waals surface area (Å²) in [5.41, 5.74) is 3.01. The number of hydrogen-bond acceptors (Lipinski definition) is 3. The molecule has 2 aromatic rings. The van der Waals surface area contributed by atoms with Crippen LogP contribution in [0.2, 0.25) is 0 Å². The molecule has 7 nitrogen and oxygen atoms in total. The number of aliphatic imine (C=N–C) groups is 1. The lowest BCUT2D eigenvalue weighted by Gasteiger charge is -2.13. The molecule has 0 atom stereocenters. The number of amides is 1. The van der Waals surface area contributed by atoms with Gasteiger partial charge in [-0.3, -0.25) is 9.79 Å². The van der Waals surface area contributed by atoms with Crippen molar-refractivity contribution in [2.24, 2.45) is 4.99 Å². The summed E-state index contributed by atoms with van der Waals surface area (Å²) in [5.74, 6) is 0.564. The van der Waals surface area contributed by atoms with Gasteiger partial charge in [-0.05, 0) is 24.6 Å². The van der Waals surface area contributed by atoms with Gasteiger partial charge in [0.05, 0.1) is 18.8 Å². The molecular weight excluding hydrogens is 280 g/mol. The van der Waals surface area contributed by atoms with Crippen molar-refractivity contribution in [2.45, 2.75) is 13.5 Å². The van der Waals surface area contributed by atoms with Crippen molar-refractivity contribution < 1.29 is 4.79 Å². The number of nitrogens with zero attached hydrogens (tertiary/aromatic N) is 4. The molecule has 1 amide bonds. The molecule has 0 saturated carbocycles. The van der Waals surface area contributed by atoms with Gasteiger partial charge in [0.2, 0.25) is 5.91 Å². The van der Waals surface area contributed by atoms with Crippen molar-refractivity contribution >= 4 is 17.5 Å².